The van der Waals surface area contributed by atoms with E-state index in [0.717, 1.165) is 28.4 Å². The van der Waals surface area contributed by atoms with Gasteiger partial charge in [-0.3, -0.25) is 0 Å². The van der Waals surface area contributed by atoms with E-state index in [1.54, 1.807) is 0 Å². The predicted molar refractivity (Wildman–Crippen MR) is 70.3 cm³/mol. The Bertz CT molecular complexity index is 337. The minimum Gasteiger partial charge on any atom is -0.398 e. The first-order valence-corrected chi connectivity index (χ1v) is 6.92. The summed E-state index contributed by atoms with van der Waals surface area (Å²) in [4.78, 5) is 1.19. The number of rotatable bonds is 3. The molecule has 1 heterocycles. The van der Waals surface area contributed by atoms with E-state index in [1.807, 2.05) is 23.9 Å². The van der Waals surface area contributed by atoms with Gasteiger partial charge < -0.3 is 11.1 Å². The van der Waals surface area contributed by atoms with Crippen LogP contribution < -0.4 is 11.1 Å². The van der Waals surface area contributed by atoms with Crippen LogP contribution in [0, 0.1) is 5.92 Å². The van der Waals surface area contributed by atoms with Crippen molar-refractivity contribution >= 4 is 33.4 Å². The lowest BCUT2D eigenvalue weighted by atomic mass is 10.2. The van der Waals surface area contributed by atoms with Gasteiger partial charge >= 0.3 is 0 Å². The molecule has 0 radical (unpaired) electrons. The average Bonchev–Trinajstić information content (AvgIpc) is 2.72. The van der Waals surface area contributed by atoms with E-state index in [-0.39, 0.29) is 0 Å². The molecule has 0 spiro atoms. The molecule has 2 rings (SSSR count). The zero-order valence-corrected chi connectivity index (χ0v) is 10.9. The Morgan fingerprint density at radius 1 is 1.53 bits per heavy atom. The largest absolute Gasteiger partial charge is 0.398 e. The number of hydrogen-bond acceptors (Lipinski definition) is 3. The average molecular weight is 287 g/mol. The highest BCUT2D eigenvalue weighted by Crippen LogP contribution is 2.30. The summed E-state index contributed by atoms with van der Waals surface area (Å²) < 4.78 is 1.10. The van der Waals surface area contributed by atoms with Crippen LogP contribution in [0.1, 0.15) is 6.42 Å². The van der Waals surface area contributed by atoms with Crippen LogP contribution in [0.5, 0.6) is 0 Å². The second-order valence-corrected chi connectivity index (χ2v) is 5.83. The van der Waals surface area contributed by atoms with Gasteiger partial charge in [0.1, 0.15) is 0 Å². The Morgan fingerprint density at radius 3 is 3.13 bits per heavy atom. The molecule has 4 heteroatoms. The van der Waals surface area contributed by atoms with Gasteiger partial charge in [0.2, 0.25) is 0 Å². The fourth-order valence-corrected chi connectivity index (χ4v) is 3.35. The van der Waals surface area contributed by atoms with E-state index in [1.165, 1.54) is 17.9 Å². The van der Waals surface area contributed by atoms with Crippen molar-refractivity contribution in [2.24, 2.45) is 5.92 Å². The van der Waals surface area contributed by atoms with E-state index in [0.29, 0.717) is 0 Å². The van der Waals surface area contributed by atoms with Crippen LogP contribution in [-0.4, -0.2) is 18.8 Å². The molecule has 1 aromatic carbocycles. The molecular formula is C11H15BrN2S. The summed E-state index contributed by atoms with van der Waals surface area (Å²) in [6.45, 7) is 2.32. The van der Waals surface area contributed by atoms with Crippen LogP contribution in [-0.2, 0) is 0 Å². The topological polar surface area (TPSA) is 38.0 Å². The molecule has 0 amide bonds. The Balaban J connectivity index is 1.94. The second kappa shape index (κ2) is 5.23. The molecule has 1 unspecified atom stereocenters. The summed E-state index contributed by atoms with van der Waals surface area (Å²) in [5, 5.41) is 3.38. The van der Waals surface area contributed by atoms with Crippen molar-refractivity contribution in [2.45, 2.75) is 11.3 Å². The summed E-state index contributed by atoms with van der Waals surface area (Å²) in [6.07, 6.45) is 1.29. The maximum Gasteiger partial charge on any atom is 0.0453 e. The van der Waals surface area contributed by atoms with Crippen LogP contribution in [0.4, 0.5) is 5.69 Å². The number of benzene rings is 1. The highest BCUT2D eigenvalue weighted by atomic mass is 79.9. The molecule has 15 heavy (non-hydrogen) atoms. The maximum atomic E-state index is 5.92. The smallest absolute Gasteiger partial charge is 0.0453 e. The standard InChI is InChI=1S/C11H15BrN2S/c12-9-1-2-10(13)11(5-9)15-7-8-3-4-14-6-8/h1-2,5,8,14H,3-4,6-7,13H2. The molecule has 1 fully saturated rings. The Labute approximate surface area is 103 Å². The first kappa shape index (κ1) is 11.3. The summed E-state index contributed by atoms with van der Waals surface area (Å²) in [6, 6.07) is 6.04. The third-order valence-electron chi connectivity index (χ3n) is 2.61. The predicted octanol–water partition coefficient (Wildman–Crippen LogP) is 2.73. The molecule has 1 aliphatic heterocycles. The summed E-state index contributed by atoms with van der Waals surface area (Å²) >= 11 is 5.33. The highest BCUT2D eigenvalue weighted by molar-refractivity contribution is 9.10. The van der Waals surface area contributed by atoms with Gasteiger partial charge in [-0.2, -0.15) is 0 Å². The third-order valence-corrected chi connectivity index (χ3v) is 4.41. The van der Waals surface area contributed by atoms with Crippen molar-refractivity contribution in [1.82, 2.24) is 5.32 Å². The van der Waals surface area contributed by atoms with Crippen LogP contribution in [0.3, 0.4) is 0 Å². The van der Waals surface area contributed by atoms with Crippen molar-refractivity contribution in [2.75, 3.05) is 24.6 Å². The Kier molecular flexibility index (Phi) is 3.94. The maximum absolute atomic E-state index is 5.92. The molecule has 0 aliphatic carbocycles. The first-order valence-electron chi connectivity index (χ1n) is 5.14. The minimum atomic E-state index is 0.799. The van der Waals surface area contributed by atoms with Gasteiger partial charge in [0, 0.05) is 20.8 Å². The van der Waals surface area contributed by atoms with Gasteiger partial charge in [0.25, 0.3) is 0 Å². The number of hydrogen-bond donors (Lipinski definition) is 2. The molecule has 0 bridgehead atoms. The lowest BCUT2D eigenvalue weighted by Gasteiger charge is -2.09. The molecule has 1 aliphatic rings. The first-order chi connectivity index (χ1) is 7.25. The van der Waals surface area contributed by atoms with Crippen molar-refractivity contribution in [1.29, 1.82) is 0 Å². The Morgan fingerprint density at radius 2 is 2.40 bits per heavy atom. The number of nitrogens with two attached hydrogens (primary N) is 1. The quantitative estimate of drug-likeness (QED) is 0.663. The van der Waals surface area contributed by atoms with E-state index in [2.05, 4.69) is 27.3 Å². The van der Waals surface area contributed by atoms with Crippen molar-refractivity contribution in [3.63, 3.8) is 0 Å². The summed E-state index contributed by atoms with van der Waals surface area (Å²) in [7, 11) is 0. The van der Waals surface area contributed by atoms with E-state index >= 15 is 0 Å². The molecule has 82 valence electrons. The third kappa shape index (κ3) is 3.13. The minimum absolute atomic E-state index is 0.799. The number of halogens is 1. The van der Waals surface area contributed by atoms with Crippen molar-refractivity contribution < 1.29 is 0 Å². The molecule has 1 atom stereocenters. The van der Waals surface area contributed by atoms with Gasteiger partial charge in [-0.15, -0.1) is 11.8 Å². The molecule has 3 N–H and O–H groups in total. The summed E-state index contributed by atoms with van der Waals surface area (Å²) in [5.74, 6) is 1.96. The highest BCUT2D eigenvalue weighted by Gasteiger charge is 2.14. The molecule has 0 aromatic heterocycles. The van der Waals surface area contributed by atoms with E-state index < -0.39 is 0 Å². The lowest BCUT2D eigenvalue weighted by Crippen LogP contribution is -2.10. The van der Waals surface area contributed by atoms with Gasteiger partial charge in [-0.05, 0) is 43.6 Å². The number of nitrogens with one attached hydrogen (secondary N) is 1. The zero-order chi connectivity index (χ0) is 10.7. The molecule has 0 saturated carbocycles. The second-order valence-electron chi connectivity index (χ2n) is 3.85. The van der Waals surface area contributed by atoms with E-state index in [9.17, 15) is 0 Å². The molecule has 1 saturated heterocycles. The molecule has 2 nitrogen and oxygen atoms in total. The number of nitrogen functional groups attached to an aromatic ring is 1. The van der Waals surface area contributed by atoms with Crippen molar-refractivity contribution in [3.8, 4) is 0 Å². The van der Waals surface area contributed by atoms with Crippen LogP contribution in [0.2, 0.25) is 0 Å². The van der Waals surface area contributed by atoms with Crippen LogP contribution >= 0.6 is 27.7 Å². The van der Waals surface area contributed by atoms with Gasteiger partial charge in [-0.25, -0.2) is 0 Å². The van der Waals surface area contributed by atoms with E-state index in [4.69, 9.17) is 5.73 Å². The van der Waals surface area contributed by atoms with Gasteiger partial charge in [-0.1, -0.05) is 15.9 Å². The fourth-order valence-electron chi connectivity index (χ4n) is 1.70. The van der Waals surface area contributed by atoms with Gasteiger partial charge in [0.15, 0.2) is 0 Å². The molecular weight excluding hydrogens is 272 g/mol. The fraction of sp³-hybridized carbons (Fsp3) is 0.455. The SMILES string of the molecule is Nc1ccc(Br)cc1SCC1CCNC1. The number of anilines is 1. The number of thioether (sulfide) groups is 1. The summed E-state index contributed by atoms with van der Waals surface area (Å²) in [5.41, 5.74) is 6.80. The normalized spacial score (nSPS) is 20.7. The molecule has 1 aromatic rings. The van der Waals surface area contributed by atoms with Crippen molar-refractivity contribution in [3.05, 3.63) is 22.7 Å². The Hall–Kier alpha value is -0.190. The monoisotopic (exact) mass is 286 g/mol. The lowest BCUT2D eigenvalue weighted by molar-refractivity contribution is 0.663. The zero-order valence-electron chi connectivity index (χ0n) is 8.50. The van der Waals surface area contributed by atoms with Crippen LogP contribution in [0.25, 0.3) is 0 Å². The van der Waals surface area contributed by atoms with Gasteiger partial charge in [0.05, 0.1) is 0 Å². The van der Waals surface area contributed by atoms with Crippen LogP contribution in [0.15, 0.2) is 27.6 Å².